The standard InChI is InChI=1S/C17H12F4N2S/c1-24-14-8-2-11(3-9-14)15-10-16(17(19,20)21)22-23(15)13-6-4-12(18)5-7-13/h2-10H,1H3. The predicted octanol–water partition coefficient (Wildman–Crippen LogP) is 5.42. The quantitative estimate of drug-likeness (QED) is 0.463. The normalized spacial score (nSPS) is 11.7. The molecule has 0 radical (unpaired) electrons. The molecule has 0 saturated heterocycles. The third-order valence-corrected chi connectivity index (χ3v) is 4.20. The Morgan fingerprint density at radius 3 is 2.12 bits per heavy atom. The monoisotopic (exact) mass is 352 g/mol. The number of halogens is 4. The lowest BCUT2D eigenvalue weighted by atomic mass is 10.1. The number of aromatic nitrogens is 2. The van der Waals surface area contributed by atoms with E-state index >= 15 is 0 Å². The molecule has 1 aromatic heterocycles. The van der Waals surface area contributed by atoms with Gasteiger partial charge in [-0.2, -0.15) is 18.3 Å². The average molecular weight is 352 g/mol. The van der Waals surface area contributed by atoms with E-state index < -0.39 is 17.7 Å². The molecule has 0 spiro atoms. The minimum absolute atomic E-state index is 0.293. The SMILES string of the molecule is CSc1ccc(-c2cc(C(F)(F)F)nn2-c2ccc(F)cc2)cc1. The first-order chi connectivity index (χ1) is 11.4. The van der Waals surface area contributed by atoms with Crippen LogP contribution in [0, 0.1) is 5.82 Å². The Morgan fingerprint density at radius 2 is 1.58 bits per heavy atom. The third kappa shape index (κ3) is 3.31. The fraction of sp³-hybridized carbons (Fsp3) is 0.118. The fourth-order valence-electron chi connectivity index (χ4n) is 2.27. The zero-order chi connectivity index (χ0) is 17.3. The summed E-state index contributed by atoms with van der Waals surface area (Å²) >= 11 is 1.54. The summed E-state index contributed by atoms with van der Waals surface area (Å²) in [7, 11) is 0. The number of rotatable bonds is 3. The van der Waals surface area contributed by atoms with Crippen molar-refractivity contribution in [2.24, 2.45) is 0 Å². The summed E-state index contributed by atoms with van der Waals surface area (Å²) in [5.74, 6) is -0.465. The van der Waals surface area contributed by atoms with Gasteiger partial charge in [0.1, 0.15) is 5.82 Å². The van der Waals surface area contributed by atoms with E-state index in [4.69, 9.17) is 0 Å². The predicted molar refractivity (Wildman–Crippen MR) is 85.7 cm³/mol. The van der Waals surface area contributed by atoms with Crippen LogP contribution in [-0.2, 0) is 6.18 Å². The molecule has 3 rings (SSSR count). The number of alkyl halides is 3. The van der Waals surface area contributed by atoms with Crippen molar-refractivity contribution < 1.29 is 17.6 Å². The van der Waals surface area contributed by atoms with Crippen molar-refractivity contribution in [3.05, 3.63) is 66.1 Å². The van der Waals surface area contributed by atoms with Gasteiger partial charge in [-0.05, 0) is 48.7 Å². The molecular formula is C17H12F4N2S. The number of benzene rings is 2. The maximum atomic E-state index is 13.1. The molecule has 0 N–H and O–H groups in total. The lowest BCUT2D eigenvalue weighted by Gasteiger charge is -2.08. The van der Waals surface area contributed by atoms with Crippen LogP contribution in [0.2, 0.25) is 0 Å². The van der Waals surface area contributed by atoms with Gasteiger partial charge in [0.2, 0.25) is 0 Å². The summed E-state index contributed by atoms with van der Waals surface area (Å²) in [5, 5.41) is 3.66. The molecular weight excluding hydrogens is 340 g/mol. The minimum atomic E-state index is -4.56. The second kappa shape index (κ2) is 6.32. The lowest BCUT2D eigenvalue weighted by Crippen LogP contribution is -2.07. The summed E-state index contributed by atoms with van der Waals surface area (Å²) in [6.45, 7) is 0. The first-order valence-corrected chi connectivity index (χ1v) is 8.18. The van der Waals surface area contributed by atoms with E-state index in [0.717, 1.165) is 11.0 Å². The number of hydrogen-bond donors (Lipinski definition) is 0. The van der Waals surface area contributed by atoms with Gasteiger partial charge in [-0.3, -0.25) is 0 Å². The van der Waals surface area contributed by atoms with Crippen LogP contribution >= 0.6 is 11.8 Å². The molecule has 124 valence electrons. The highest BCUT2D eigenvalue weighted by molar-refractivity contribution is 7.98. The molecule has 0 aliphatic rings. The topological polar surface area (TPSA) is 17.8 Å². The maximum absolute atomic E-state index is 13.1. The van der Waals surface area contributed by atoms with Crippen LogP contribution in [0.3, 0.4) is 0 Å². The van der Waals surface area contributed by atoms with E-state index in [1.165, 1.54) is 28.9 Å². The van der Waals surface area contributed by atoms with Gasteiger partial charge < -0.3 is 0 Å². The minimum Gasteiger partial charge on any atom is -0.233 e. The number of thioether (sulfide) groups is 1. The summed E-state index contributed by atoms with van der Waals surface area (Å²) in [4.78, 5) is 1.00. The molecule has 7 heteroatoms. The molecule has 0 aliphatic carbocycles. The van der Waals surface area contributed by atoms with Crippen LogP contribution in [-0.4, -0.2) is 16.0 Å². The zero-order valence-electron chi connectivity index (χ0n) is 12.5. The van der Waals surface area contributed by atoms with E-state index in [0.29, 0.717) is 16.9 Å². The molecule has 2 aromatic carbocycles. The average Bonchev–Trinajstić information content (AvgIpc) is 3.01. The summed E-state index contributed by atoms with van der Waals surface area (Å²) in [5.41, 5.74) is 0.258. The van der Waals surface area contributed by atoms with Gasteiger partial charge in [-0.1, -0.05) is 12.1 Å². The van der Waals surface area contributed by atoms with Gasteiger partial charge >= 0.3 is 6.18 Å². The van der Waals surface area contributed by atoms with E-state index in [-0.39, 0.29) is 0 Å². The molecule has 0 unspecified atom stereocenters. The van der Waals surface area contributed by atoms with E-state index in [1.54, 1.807) is 23.9 Å². The van der Waals surface area contributed by atoms with E-state index in [2.05, 4.69) is 5.10 Å². The summed E-state index contributed by atoms with van der Waals surface area (Å²) in [6, 6.07) is 13.3. The van der Waals surface area contributed by atoms with Crippen molar-refractivity contribution >= 4 is 11.8 Å². The van der Waals surface area contributed by atoms with Crippen LogP contribution in [0.4, 0.5) is 17.6 Å². The molecule has 0 fully saturated rings. The van der Waals surface area contributed by atoms with Crippen molar-refractivity contribution in [2.75, 3.05) is 6.26 Å². The van der Waals surface area contributed by atoms with Crippen LogP contribution in [0.1, 0.15) is 5.69 Å². The van der Waals surface area contributed by atoms with Gasteiger partial charge in [-0.25, -0.2) is 9.07 Å². The Bertz CT molecular complexity index is 837. The second-order valence-electron chi connectivity index (χ2n) is 5.03. The third-order valence-electron chi connectivity index (χ3n) is 3.46. The molecule has 24 heavy (non-hydrogen) atoms. The van der Waals surface area contributed by atoms with Gasteiger partial charge in [0, 0.05) is 10.5 Å². The second-order valence-corrected chi connectivity index (χ2v) is 5.91. The highest BCUT2D eigenvalue weighted by atomic mass is 32.2. The highest BCUT2D eigenvalue weighted by Crippen LogP contribution is 2.33. The Labute approximate surface area is 140 Å². The van der Waals surface area contributed by atoms with Crippen molar-refractivity contribution in [1.29, 1.82) is 0 Å². The van der Waals surface area contributed by atoms with E-state index in [1.807, 2.05) is 18.4 Å². The fourth-order valence-corrected chi connectivity index (χ4v) is 2.67. The van der Waals surface area contributed by atoms with Crippen molar-refractivity contribution in [3.8, 4) is 16.9 Å². The van der Waals surface area contributed by atoms with Crippen LogP contribution in [0.15, 0.2) is 59.5 Å². The Balaban J connectivity index is 2.15. The van der Waals surface area contributed by atoms with Gasteiger partial charge in [-0.15, -0.1) is 11.8 Å². The van der Waals surface area contributed by atoms with Gasteiger partial charge in [0.05, 0.1) is 11.4 Å². The summed E-state index contributed by atoms with van der Waals surface area (Å²) < 4.78 is 53.4. The first kappa shape index (κ1) is 16.6. The molecule has 1 heterocycles. The molecule has 2 nitrogen and oxygen atoms in total. The lowest BCUT2D eigenvalue weighted by molar-refractivity contribution is -0.141. The van der Waals surface area contributed by atoms with Crippen molar-refractivity contribution in [3.63, 3.8) is 0 Å². The Morgan fingerprint density at radius 1 is 0.958 bits per heavy atom. The number of hydrogen-bond acceptors (Lipinski definition) is 2. The molecule has 0 atom stereocenters. The number of nitrogens with zero attached hydrogens (tertiary/aromatic N) is 2. The maximum Gasteiger partial charge on any atom is 0.435 e. The largest absolute Gasteiger partial charge is 0.435 e. The Kier molecular flexibility index (Phi) is 4.36. The first-order valence-electron chi connectivity index (χ1n) is 6.96. The molecule has 0 bridgehead atoms. The summed E-state index contributed by atoms with van der Waals surface area (Å²) in [6.07, 6.45) is -2.64. The molecule has 0 aliphatic heterocycles. The van der Waals surface area contributed by atoms with E-state index in [9.17, 15) is 17.6 Å². The van der Waals surface area contributed by atoms with Crippen LogP contribution in [0.25, 0.3) is 16.9 Å². The van der Waals surface area contributed by atoms with Gasteiger partial charge in [0.25, 0.3) is 0 Å². The van der Waals surface area contributed by atoms with Crippen molar-refractivity contribution in [2.45, 2.75) is 11.1 Å². The molecule has 0 amide bonds. The smallest absolute Gasteiger partial charge is 0.233 e. The zero-order valence-corrected chi connectivity index (χ0v) is 13.3. The highest BCUT2D eigenvalue weighted by Gasteiger charge is 2.35. The van der Waals surface area contributed by atoms with Crippen molar-refractivity contribution in [1.82, 2.24) is 9.78 Å². The molecule has 0 saturated carbocycles. The van der Waals surface area contributed by atoms with Gasteiger partial charge in [0.15, 0.2) is 5.69 Å². The Hall–Kier alpha value is -2.28. The van der Waals surface area contributed by atoms with Crippen LogP contribution < -0.4 is 0 Å². The molecule has 3 aromatic rings. The van der Waals surface area contributed by atoms with Crippen LogP contribution in [0.5, 0.6) is 0 Å².